The van der Waals surface area contributed by atoms with E-state index in [4.69, 9.17) is 17.3 Å². The van der Waals surface area contributed by atoms with Gasteiger partial charge in [-0.2, -0.15) is 0 Å². The van der Waals surface area contributed by atoms with Crippen LogP contribution in [0.3, 0.4) is 0 Å². The van der Waals surface area contributed by atoms with Crippen LogP contribution >= 0.6 is 22.9 Å². The number of rotatable bonds is 4. The van der Waals surface area contributed by atoms with Gasteiger partial charge in [0.2, 0.25) is 0 Å². The molecule has 0 fully saturated rings. The van der Waals surface area contributed by atoms with Gasteiger partial charge in [0, 0.05) is 17.0 Å². The van der Waals surface area contributed by atoms with Crippen LogP contribution < -0.4 is 11.1 Å². The fourth-order valence-electron chi connectivity index (χ4n) is 3.65. The van der Waals surface area contributed by atoms with Crippen molar-refractivity contribution in [2.75, 3.05) is 5.32 Å². The summed E-state index contributed by atoms with van der Waals surface area (Å²) in [4.78, 5) is 36.2. The van der Waals surface area contributed by atoms with Crippen LogP contribution in [0, 0.1) is 21.4 Å². The minimum absolute atomic E-state index is 0.0357. The Morgan fingerprint density at radius 2 is 2.03 bits per heavy atom. The van der Waals surface area contributed by atoms with Gasteiger partial charge in [-0.15, -0.1) is 11.3 Å². The van der Waals surface area contributed by atoms with Crippen LogP contribution in [0.25, 0.3) is 0 Å². The standard InChI is InChI=1S/C20H22ClN3O4S/c1-20(2,3)10-4-6-13-15(8-10)29-19(16(13)17(22)25)23-18(26)12-7-5-11(24(27)28)9-14(12)21/h5,7,9-10H,4,6,8H2,1-3H3,(H2,22,25)(H,23,26)/t10-/m1/s1. The minimum Gasteiger partial charge on any atom is -0.365 e. The zero-order chi connectivity index (χ0) is 21.5. The first-order valence-electron chi connectivity index (χ1n) is 9.18. The van der Waals surface area contributed by atoms with Gasteiger partial charge in [0.05, 0.1) is 21.1 Å². The number of fused-ring (bicyclic) bond motifs is 1. The van der Waals surface area contributed by atoms with E-state index in [0.29, 0.717) is 16.5 Å². The lowest BCUT2D eigenvalue weighted by molar-refractivity contribution is -0.384. The molecule has 2 aromatic rings. The Morgan fingerprint density at radius 1 is 1.34 bits per heavy atom. The van der Waals surface area contributed by atoms with E-state index in [1.165, 1.54) is 23.5 Å². The van der Waals surface area contributed by atoms with Crippen molar-refractivity contribution >= 4 is 45.4 Å². The highest BCUT2D eigenvalue weighted by molar-refractivity contribution is 7.17. The van der Waals surface area contributed by atoms with Crippen molar-refractivity contribution in [2.24, 2.45) is 17.1 Å². The second kappa shape index (κ2) is 7.76. The smallest absolute Gasteiger partial charge is 0.270 e. The number of carbonyl (C=O) groups excluding carboxylic acids is 2. The van der Waals surface area contributed by atoms with Crippen molar-refractivity contribution in [2.45, 2.75) is 40.0 Å². The molecule has 1 aromatic heterocycles. The molecule has 0 aliphatic heterocycles. The van der Waals surface area contributed by atoms with Crippen LogP contribution in [0.5, 0.6) is 0 Å². The van der Waals surface area contributed by atoms with Crippen LogP contribution in [0.2, 0.25) is 5.02 Å². The monoisotopic (exact) mass is 435 g/mol. The van der Waals surface area contributed by atoms with Crippen molar-refractivity contribution in [1.29, 1.82) is 0 Å². The summed E-state index contributed by atoms with van der Waals surface area (Å²) in [6.07, 6.45) is 2.52. The Bertz CT molecular complexity index is 1010. The Labute approximate surface area is 177 Å². The van der Waals surface area contributed by atoms with E-state index in [-0.39, 0.29) is 21.7 Å². The van der Waals surface area contributed by atoms with Crippen molar-refractivity contribution in [3.8, 4) is 0 Å². The van der Waals surface area contributed by atoms with E-state index in [2.05, 4.69) is 26.1 Å². The number of thiophene rings is 1. The lowest BCUT2D eigenvalue weighted by Gasteiger charge is -2.33. The summed E-state index contributed by atoms with van der Waals surface area (Å²) in [5.74, 6) is -0.651. The Balaban J connectivity index is 1.92. The molecule has 0 spiro atoms. The fourth-order valence-corrected chi connectivity index (χ4v) is 5.23. The summed E-state index contributed by atoms with van der Waals surface area (Å²) in [7, 11) is 0. The molecule has 0 unspecified atom stereocenters. The fraction of sp³-hybridized carbons (Fsp3) is 0.400. The number of benzene rings is 1. The Hall–Kier alpha value is -2.45. The largest absolute Gasteiger partial charge is 0.365 e. The molecule has 0 saturated heterocycles. The molecule has 0 radical (unpaired) electrons. The van der Waals surface area contributed by atoms with Gasteiger partial charge in [0.15, 0.2) is 0 Å². The predicted molar refractivity (Wildman–Crippen MR) is 114 cm³/mol. The minimum atomic E-state index is -0.586. The quantitative estimate of drug-likeness (QED) is 0.529. The molecule has 154 valence electrons. The number of hydrogen-bond donors (Lipinski definition) is 2. The third-order valence-corrected chi connectivity index (χ3v) is 6.85. The molecule has 29 heavy (non-hydrogen) atoms. The summed E-state index contributed by atoms with van der Waals surface area (Å²) < 4.78 is 0. The summed E-state index contributed by atoms with van der Waals surface area (Å²) >= 11 is 7.42. The molecule has 0 bridgehead atoms. The molecule has 7 nitrogen and oxygen atoms in total. The second-order valence-electron chi connectivity index (χ2n) is 8.25. The van der Waals surface area contributed by atoms with Gasteiger partial charge in [-0.3, -0.25) is 19.7 Å². The van der Waals surface area contributed by atoms with Gasteiger partial charge in [0.25, 0.3) is 17.5 Å². The molecule has 1 heterocycles. The number of nitrogens with zero attached hydrogens (tertiary/aromatic N) is 1. The van der Waals surface area contributed by atoms with E-state index in [9.17, 15) is 19.7 Å². The van der Waals surface area contributed by atoms with Gasteiger partial charge in [0.1, 0.15) is 5.00 Å². The number of non-ortho nitro benzene ring substituents is 1. The Morgan fingerprint density at radius 3 is 2.59 bits per heavy atom. The number of carbonyl (C=O) groups is 2. The molecule has 1 aromatic carbocycles. The number of primary amides is 1. The topological polar surface area (TPSA) is 115 Å². The third-order valence-electron chi connectivity index (χ3n) is 5.37. The highest BCUT2D eigenvalue weighted by Gasteiger charge is 2.33. The molecular weight excluding hydrogens is 414 g/mol. The van der Waals surface area contributed by atoms with Crippen LogP contribution in [-0.2, 0) is 12.8 Å². The van der Waals surface area contributed by atoms with E-state index in [0.717, 1.165) is 35.8 Å². The third kappa shape index (κ3) is 4.28. The van der Waals surface area contributed by atoms with Crippen molar-refractivity contribution in [1.82, 2.24) is 0 Å². The number of nitrogens with one attached hydrogen (secondary N) is 1. The van der Waals surface area contributed by atoms with Crippen LogP contribution in [0.4, 0.5) is 10.7 Å². The highest BCUT2D eigenvalue weighted by atomic mass is 35.5. The number of hydrogen-bond acceptors (Lipinski definition) is 5. The molecule has 0 saturated carbocycles. The molecule has 1 aliphatic rings. The van der Waals surface area contributed by atoms with E-state index in [1.807, 2.05) is 0 Å². The maximum absolute atomic E-state index is 12.7. The highest BCUT2D eigenvalue weighted by Crippen LogP contribution is 2.44. The number of amides is 2. The lowest BCUT2D eigenvalue weighted by Crippen LogP contribution is -2.27. The molecule has 3 rings (SSSR count). The van der Waals surface area contributed by atoms with Gasteiger partial charge in [-0.05, 0) is 42.2 Å². The van der Waals surface area contributed by atoms with E-state index >= 15 is 0 Å². The first-order valence-corrected chi connectivity index (χ1v) is 10.4. The number of nitrogens with two attached hydrogens (primary N) is 1. The summed E-state index contributed by atoms with van der Waals surface area (Å²) in [5, 5.41) is 13.9. The van der Waals surface area contributed by atoms with Crippen LogP contribution in [-0.4, -0.2) is 16.7 Å². The lowest BCUT2D eigenvalue weighted by atomic mass is 9.72. The van der Waals surface area contributed by atoms with E-state index < -0.39 is 16.7 Å². The van der Waals surface area contributed by atoms with Crippen LogP contribution in [0.1, 0.15) is 58.3 Å². The van der Waals surface area contributed by atoms with Gasteiger partial charge in [-0.1, -0.05) is 32.4 Å². The van der Waals surface area contributed by atoms with Gasteiger partial charge < -0.3 is 11.1 Å². The second-order valence-corrected chi connectivity index (χ2v) is 9.77. The molecule has 2 amide bonds. The van der Waals surface area contributed by atoms with Crippen molar-refractivity contribution < 1.29 is 14.5 Å². The molecular formula is C20H22ClN3O4S. The van der Waals surface area contributed by atoms with Crippen molar-refractivity contribution in [3.63, 3.8) is 0 Å². The predicted octanol–water partition coefficient (Wildman–Crippen LogP) is 4.81. The number of nitro groups is 1. The molecule has 3 N–H and O–H groups in total. The SMILES string of the molecule is CC(C)(C)[C@@H]1CCc2c(sc(NC(=O)c3ccc([N+](=O)[O-])cc3Cl)c2C(N)=O)C1. The first-order chi connectivity index (χ1) is 13.5. The maximum atomic E-state index is 12.7. The normalized spacial score (nSPS) is 16.2. The number of anilines is 1. The number of halogens is 1. The summed E-state index contributed by atoms with van der Waals surface area (Å²) in [6, 6.07) is 3.63. The summed E-state index contributed by atoms with van der Waals surface area (Å²) in [5.41, 5.74) is 6.91. The molecule has 1 atom stereocenters. The molecule has 1 aliphatic carbocycles. The zero-order valence-corrected chi connectivity index (χ0v) is 17.9. The average molecular weight is 436 g/mol. The van der Waals surface area contributed by atoms with Gasteiger partial charge in [-0.25, -0.2) is 0 Å². The Kier molecular flexibility index (Phi) is 5.69. The maximum Gasteiger partial charge on any atom is 0.270 e. The van der Waals surface area contributed by atoms with Crippen molar-refractivity contribution in [3.05, 3.63) is 54.9 Å². The van der Waals surface area contributed by atoms with Gasteiger partial charge >= 0.3 is 0 Å². The number of nitro benzene ring substituents is 1. The molecule has 9 heteroatoms. The zero-order valence-electron chi connectivity index (χ0n) is 16.4. The van der Waals surface area contributed by atoms with Crippen LogP contribution in [0.15, 0.2) is 18.2 Å². The van der Waals surface area contributed by atoms with E-state index in [1.54, 1.807) is 0 Å². The summed E-state index contributed by atoms with van der Waals surface area (Å²) in [6.45, 7) is 6.60. The average Bonchev–Trinajstić information content (AvgIpc) is 2.97. The first kappa shape index (κ1) is 21.3.